The predicted octanol–water partition coefficient (Wildman–Crippen LogP) is 2.76. The van der Waals surface area contributed by atoms with Crippen molar-refractivity contribution in [2.24, 2.45) is 0 Å². The number of hydrogen-bond donors (Lipinski definition) is 1. The summed E-state index contributed by atoms with van der Waals surface area (Å²) in [5, 5.41) is 6.50. The number of nitrogens with one attached hydrogen (secondary N) is 1. The maximum atomic E-state index is 5.27. The molecule has 2 rings (SSSR count). The Kier molecular flexibility index (Phi) is 2.88. The zero-order valence-electron chi connectivity index (χ0n) is 8.86. The van der Waals surface area contributed by atoms with Crippen molar-refractivity contribution in [2.45, 2.75) is 25.9 Å². The second-order valence-corrected chi connectivity index (χ2v) is 4.79. The van der Waals surface area contributed by atoms with Gasteiger partial charge in [-0.2, -0.15) is 0 Å². The normalized spacial score (nSPS) is 11.9. The van der Waals surface area contributed by atoms with Crippen molar-refractivity contribution >= 4 is 11.3 Å². The van der Waals surface area contributed by atoms with Gasteiger partial charge in [-0.05, 0) is 26.0 Å². The van der Waals surface area contributed by atoms with Crippen molar-refractivity contribution in [3.8, 4) is 0 Å². The van der Waals surface area contributed by atoms with E-state index >= 15 is 0 Å². The fourth-order valence-corrected chi connectivity index (χ4v) is 2.07. The Morgan fingerprint density at radius 2 is 2.40 bits per heavy atom. The van der Waals surface area contributed by atoms with Crippen molar-refractivity contribution in [3.63, 3.8) is 0 Å². The summed E-state index contributed by atoms with van der Waals surface area (Å²) < 4.78 is 5.27. The molecular weight excluding hydrogens is 208 g/mol. The summed E-state index contributed by atoms with van der Waals surface area (Å²) in [6.07, 6.45) is 3.52. The Labute approximate surface area is 93.2 Å². The lowest BCUT2D eigenvalue weighted by Gasteiger charge is -2.23. The minimum Gasteiger partial charge on any atom is -0.468 e. The highest BCUT2D eigenvalue weighted by atomic mass is 32.1. The van der Waals surface area contributed by atoms with Crippen molar-refractivity contribution in [2.75, 3.05) is 0 Å². The highest BCUT2D eigenvalue weighted by molar-refractivity contribution is 7.09. The molecule has 2 aromatic heterocycles. The molecule has 0 unspecified atom stereocenters. The van der Waals surface area contributed by atoms with E-state index in [0.29, 0.717) is 0 Å². The number of rotatable bonds is 4. The van der Waals surface area contributed by atoms with E-state index in [1.165, 1.54) is 0 Å². The quantitative estimate of drug-likeness (QED) is 0.864. The van der Waals surface area contributed by atoms with Crippen LogP contribution in [0.3, 0.4) is 0 Å². The van der Waals surface area contributed by atoms with Gasteiger partial charge < -0.3 is 4.42 Å². The molecule has 1 N–H and O–H groups in total. The molecule has 2 heterocycles. The first-order chi connectivity index (χ1) is 7.18. The summed E-state index contributed by atoms with van der Waals surface area (Å²) >= 11 is 1.66. The van der Waals surface area contributed by atoms with Crippen LogP contribution in [-0.4, -0.2) is 4.98 Å². The van der Waals surface area contributed by atoms with Crippen LogP contribution in [-0.2, 0) is 12.1 Å². The van der Waals surface area contributed by atoms with Gasteiger partial charge in [-0.15, -0.1) is 11.3 Å². The summed E-state index contributed by atoms with van der Waals surface area (Å²) in [5.41, 5.74) is -0.110. The van der Waals surface area contributed by atoms with Gasteiger partial charge in [0, 0.05) is 11.6 Å². The van der Waals surface area contributed by atoms with Gasteiger partial charge in [0.15, 0.2) is 0 Å². The monoisotopic (exact) mass is 222 g/mol. The molecule has 2 aromatic rings. The molecule has 80 valence electrons. The van der Waals surface area contributed by atoms with Gasteiger partial charge in [-0.1, -0.05) is 0 Å². The average molecular weight is 222 g/mol. The van der Waals surface area contributed by atoms with Gasteiger partial charge >= 0.3 is 0 Å². The van der Waals surface area contributed by atoms with Crippen LogP contribution >= 0.6 is 11.3 Å². The van der Waals surface area contributed by atoms with Crippen LogP contribution in [0.5, 0.6) is 0 Å². The first kappa shape index (κ1) is 10.4. The highest BCUT2D eigenvalue weighted by Gasteiger charge is 2.22. The Hall–Kier alpha value is -1.13. The maximum Gasteiger partial charge on any atom is 0.117 e. The lowest BCUT2D eigenvalue weighted by molar-refractivity contribution is 0.369. The van der Waals surface area contributed by atoms with Crippen molar-refractivity contribution in [1.29, 1.82) is 0 Å². The summed E-state index contributed by atoms with van der Waals surface area (Å²) in [6, 6.07) is 3.86. The Morgan fingerprint density at radius 3 is 3.00 bits per heavy atom. The standard InChI is InChI=1S/C11H14N2OS/c1-11(2,10-12-5-7-15-10)13-8-9-4-3-6-14-9/h3-7,13H,8H2,1-2H3. The molecule has 0 aliphatic rings. The topological polar surface area (TPSA) is 38.1 Å². The molecule has 15 heavy (non-hydrogen) atoms. The molecule has 0 amide bonds. The van der Waals surface area contributed by atoms with E-state index in [0.717, 1.165) is 17.3 Å². The lowest BCUT2D eigenvalue weighted by Crippen LogP contribution is -2.35. The largest absolute Gasteiger partial charge is 0.468 e. The Bertz CT molecular complexity index is 392. The third-order valence-electron chi connectivity index (χ3n) is 2.25. The van der Waals surface area contributed by atoms with Crippen LogP contribution in [0, 0.1) is 0 Å². The Morgan fingerprint density at radius 1 is 1.53 bits per heavy atom. The fourth-order valence-electron chi connectivity index (χ4n) is 1.33. The van der Waals surface area contributed by atoms with Crippen LogP contribution in [0.25, 0.3) is 0 Å². The van der Waals surface area contributed by atoms with Gasteiger partial charge in [0.1, 0.15) is 10.8 Å². The zero-order chi connectivity index (χ0) is 10.7. The molecule has 0 atom stereocenters. The summed E-state index contributed by atoms with van der Waals surface area (Å²) in [5.74, 6) is 0.944. The number of hydrogen-bond acceptors (Lipinski definition) is 4. The first-order valence-electron chi connectivity index (χ1n) is 4.86. The average Bonchev–Trinajstić information content (AvgIpc) is 2.88. The SMILES string of the molecule is CC(C)(NCc1ccco1)c1nccs1. The van der Waals surface area contributed by atoms with Crippen molar-refractivity contribution in [3.05, 3.63) is 40.7 Å². The van der Waals surface area contributed by atoms with Crippen LogP contribution in [0.4, 0.5) is 0 Å². The molecule has 0 bridgehead atoms. The van der Waals surface area contributed by atoms with E-state index in [-0.39, 0.29) is 5.54 Å². The molecule has 0 saturated carbocycles. The molecule has 4 heteroatoms. The van der Waals surface area contributed by atoms with Gasteiger partial charge in [0.25, 0.3) is 0 Å². The van der Waals surface area contributed by atoms with E-state index in [4.69, 9.17) is 4.42 Å². The predicted molar refractivity (Wildman–Crippen MR) is 60.7 cm³/mol. The van der Waals surface area contributed by atoms with E-state index < -0.39 is 0 Å². The summed E-state index contributed by atoms with van der Waals surface area (Å²) in [6.45, 7) is 4.96. The molecule has 0 radical (unpaired) electrons. The molecule has 0 fully saturated rings. The van der Waals surface area contributed by atoms with Crippen LogP contribution in [0.2, 0.25) is 0 Å². The number of aromatic nitrogens is 1. The third kappa shape index (κ3) is 2.46. The third-order valence-corrected chi connectivity index (χ3v) is 3.35. The van der Waals surface area contributed by atoms with Crippen LogP contribution in [0.15, 0.2) is 34.4 Å². The van der Waals surface area contributed by atoms with Gasteiger partial charge in [-0.3, -0.25) is 5.32 Å². The molecule has 0 aliphatic carbocycles. The van der Waals surface area contributed by atoms with E-state index in [1.54, 1.807) is 17.6 Å². The smallest absolute Gasteiger partial charge is 0.117 e. The highest BCUT2D eigenvalue weighted by Crippen LogP contribution is 2.22. The van der Waals surface area contributed by atoms with E-state index in [9.17, 15) is 0 Å². The van der Waals surface area contributed by atoms with E-state index in [2.05, 4.69) is 24.1 Å². The summed E-state index contributed by atoms with van der Waals surface area (Å²) in [4.78, 5) is 4.31. The zero-order valence-corrected chi connectivity index (χ0v) is 9.67. The van der Waals surface area contributed by atoms with Gasteiger partial charge in [-0.25, -0.2) is 4.98 Å². The van der Waals surface area contributed by atoms with Crippen LogP contribution in [0.1, 0.15) is 24.6 Å². The van der Waals surface area contributed by atoms with Gasteiger partial charge in [0.2, 0.25) is 0 Å². The first-order valence-corrected chi connectivity index (χ1v) is 5.74. The van der Waals surface area contributed by atoms with Crippen LogP contribution < -0.4 is 5.32 Å². The second kappa shape index (κ2) is 4.16. The Balaban J connectivity index is 1.99. The molecule has 0 aliphatic heterocycles. The molecular formula is C11H14N2OS. The number of nitrogens with zero attached hydrogens (tertiary/aromatic N) is 1. The number of thiazole rings is 1. The van der Waals surface area contributed by atoms with E-state index in [1.807, 2.05) is 23.7 Å². The molecule has 3 nitrogen and oxygen atoms in total. The van der Waals surface area contributed by atoms with Gasteiger partial charge in [0.05, 0.1) is 18.3 Å². The fraction of sp³-hybridized carbons (Fsp3) is 0.364. The van der Waals surface area contributed by atoms with Crippen molar-refractivity contribution in [1.82, 2.24) is 10.3 Å². The number of furan rings is 1. The molecule has 0 aromatic carbocycles. The lowest BCUT2D eigenvalue weighted by atomic mass is 10.1. The summed E-state index contributed by atoms with van der Waals surface area (Å²) in [7, 11) is 0. The minimum atomic E-state index is -0.110. The van der Waals surface area contributed by atoms with Crippen molar-refractivity contribution < 1.29 is 4.42 Å². The second-order valence-electron chi connectivity index (χ2n) is 3.90. The maximum absolute atomic E-state index is 5.27. The molecule has 0 spiro atoms. The molecule has 0 saturated heterocycles. The minimum absolute atomic E-state index is 0.110.